The molecule has 0 saturated carbocycles. The van der Waals surface area contributed by atoms with Crippen LogP contribution in [-0.4, -0.2) is 19.0 Å². The van der Waals surface area contributed by atoms with Crippen molar-refractivity contribution in [3.05, 3.63) is 77.1 Å². The number of hydrogen-bond acceptors (Lipinski definition) is 1. The van der Waals surface area contributed by atoms with Gasteiger partial charge in [-0.1, -0.05) is 42.5 Å². The van der Waals surface area contributed by atoms with E-state index in [0.29, 0.717) is 12.1 Å². The van der Waals surface area contributed by atoms with Crippen LogP contribution in [0, 0.1) is 5.82 Å². The van der Waals surface area contributed by atoms with Crippen LogP contribution in [0.2, 0.25) is 0 Å². The van der Waals surface area contributed by atoms with Gasteiger partial charge in [0, 0.05) is 23.7 Å². The maximum atomic E-state index is 13.6. The fourth-order valence-electron chi connectivity index (χ4n) is 3.42. The number of quaternary nitrogens is 1. The molecule has 0 aliphatic carbocycles. The summed E-state index contributed by atoms with van der Waals surface area (Å²) in [5.74, 6) is -0.542. The van der Waals surface area contributed by atoms with Gasteiger partial charge < -0.3 is 10.2 Å². The van der Waals surface area contributed by atoms with Crippen molar-refractivity contribution in [1.82, 2.24) is 5.32 Å². The number of likely N-dealkylation sites (tertiary alicyclic amines) is 1. The summed E-state index contributed by atoms with van der Waals surface area (Å²) in [5, 5.41) is 2.91. The molecule has 1 aliphatic rings. The Labute approximate surface area is 154 Å². The molecule has 1 aliphatic heterocycles. The van der Waals surface area contributed by atoms with Crippen molar-refractivity contribution in [3.8, 4) is 0 Å². The molecule has 0 spiro atoms. The third-order valence-corrected chi connectivity index (χ3v) is 4.89. The van der Waals surface area contributed by atoms with E-state index in [9.17, 15) is 9.18 Å². The average Bonchev–Trinajstić information content (AvgIpc) is 2.67. The molecule has 4 heteroatoms. The number of benzene rings is 2. The van der Waals surface area contributed by atoms with Gasteiger partial charge in [-0.15, -0.1) is 0 Å². The molecular formula is C22H26FN2O+. The first-order chi connectivity index (χ1) is 12.7. The third kappa shape index (κ3) is 5.27. The van der Waals surface area contributed by atoms with E-state index in [0.717, 1.165) is 12.1 Å². The lowest BCUT2D eigenvalue weighted by Gasteiger charge is -2.24. The largest absolute Gasteiger partial charge is 0.348 e. The van der Waals surface area contributed by atoms with E-state index in [1.807, 2.05) is 6.07 Å². The zero-order chi connectivity index (χ0) is 18.2. The Morgan fingerprint density at radius 3 is 2.46 bits per heavy atom. The Morgan fingerprint density at radius 1 is 1.00 bits per heavy atom. The molecule has 2 aromatic rings. The molecule has 2 aromatic carbocycles. The van der Waals surface area contributed by atoms with E-state index in [1.54, 1.807) is 23.1 Å². The normalized spacial score (nSPS) is 15.3. The van der Waals surface area contributed by atoms with Gasteiger partial charge in [-0.2, -0.15) is 0 Å². The summed E-state index contributed by atoms with van der Waals surface area (Å²) in [4.78, 5) is 13.7. The fourth-order valence-corrected chi connectivity index (χ4v) is 3.42. The Bertz CT molecular complexity index is 766. The summed E-state index contributed by atoms with van der Waals surface area (Å²) < 4.78 is 13.6. The van der Waals surface area contributed by atoms with Gasteiger partial charge in [-0.3, -0.25) is 4.79 Å². The molecule has 1 heterocycles. The molecule has 3 rings (SSSR count). The third-order valence-electron chi connectivity index (χ3n) is 4.89. The van der Waals surface area contributed by atoms with Crippen molar-refractivity contribution < 1.29 is 14.1 Å². The highest BCUT2D eigenvalue weighted by atomic mass is 19.1. The van der Waals surface area contributed by atoms with E-state index in [1.165, 1.54) is 56.1 Å². The van der Waals surface area contributed by atoms with E-state index >= 15 is 0 Å². The van der Waals surface area contributed by atoms with Gasteiger partial charge in [0.25, 0.3) is 0 Å². The molecule has 2 N–H and O–H groups in total. The van der Waals surface area contributed by atoms with Gasteiger partial charge in [0.15, 0.2) is 0 Å². The number of piperidine rings is 1. The van der Waals surface area contributed by atoms with Crippen LogP contribution in [0.15, 0.2) is 54.6 Å². The molecule has 0 atom stereocenters. The number of hydrogen-bond donors (Lipinski definition) is 2. The van der Waals surface area contributed by atoms with Crippen LogP contribution in [0.5, 0.6) is 0 Å². The monoisotopic (exact) mass is 353 g/mol. The Balaban J connectivity index is 1.57. The molecule has 1 saturated heterocycles. The van der Waals surface area contributed by atoms with Crippen molar-refractivity contribution in [3.63, 3.8) is 0 Å². The highest BCUT2D eigenvalue weighted by Crippen LogP contribution is 2.09. The molecule has 0 bridgehead atoms. The first-order valence-corrected chi connectivity index (χ1v) is 9.33. The highest BCUT2D eigenvalue weighted by Gasteiger charge is 2.15. The maximum Gasteiger partial charge on any atom is 0.244 e. The topological polar surface area (TPSA) is 33.5 Å². The summed E-state index contributed by atoms with van der Waals surface area (Å²) in [6.45, 7) is 3.96. The van der Waals surface area contributed by atoms with E-state index in [2.05, 4.69) is 23.5 Å². The van der Waals surface area contributed by atoms with Crippen LogP contribution in [0.1, 0.15) is 36.0 Å². The van der Waals surface area contributed by atoms with E-state index in [-0.39, 0.29) is 11.7 Å². The van der Waals surface area contributed by atoms with Crippen molar-refractivity contribution in [2.75, 3.05) is 13.1 Å². The summed E-state index contributed by atoms with van der Waals surface area (Å²) >= 11 is 0. The van der Waals surface area contributed by atoms with Gasteiger partial charge in [-0.05, 0) is 37.0 Å². The molecule has 1 fully saturated rings. The molecule has 0 radical (unpaired) electrons. The molecule has 3 nitrogen and oxygen atoms in total. The van der Waals surface area contributed by atoms with Crippen LogP contribution >= 0.6 is 0 Å². The minimum Gasteiger partial charge on any atom is -0.348 e. The highest BCUT2D eigenvalue weighted by molar-refractivity contribution is 5.91. The lowest BCUT2D eigenvalue weighted by molar-refractivity contribution is -0.918. The Hall–Kier alpha value is -2.46. The average molecular weight is 353 g/mol. The molecule has 0 unspecified atom stereocenters. The number of carbonyl (C=O) groups excluding carboxylic acids is 1. The number of nitrogens with one attached hydrogen (secondary N) is 2. The summed E-state index contributed by atoms with van der Waals surface area (Å²) in [6, 6.07) is 14.7. The van der Waals surface area contributed by atoms with Crippen molar-refractivity contribution in [1.29, 1.82) is 0 Å². The minimum absolute atomic E-state index is 0.214. The second kappa shape index (κ2) is 9.30. The zero-order valence-corrected chi connectivity index (χ0v) is 15.0. The maximum absolute atomic E-state index is 13.6. The predicted molar refractivity (Wildman–Crippen MR) is 102 cm³/mol. The second-order valence-corrected chi connectivity index (χ2v) is 6.83. The van der Waals surface area contributed by atoms with Gasteiger partial charge in [0.05, 0.1) is 13.1 Å². The van der Waals surface area contributed by atoms with Crippen LogP contribution < -0.4 is 10.2 Å². The van der Waals surface area contributed by atoms with Crippen molar-refractivity contribution in [2.24, 2.45) is 0 Å². The van der Waals surface area contributed by atoms with Crippen LogP contribution in [-0.2, 0) is 17.9 Å². The van der Waals surface area contributed by atoms with Crippen LogP contribution in [0.3, 0.4) is 0 Å². The smallest absolute Gasteiger partial charge is 0.244 e. The number of halogens is 1. The molecule has 0 aromatic heterocycles. The molecular weight excluding hydrogens is 327 g/mol. The van der Waals surface area contributed by atoms with Crippen molar-refractivity contribution in [2.45, 2.75) is 32.4 Å². The van der Waals surface area contributed by atoms with Gasteiger partial charge in [0.1, 0.15) is 12.4 Å². The zero-order valence-electron chi connectivity index (χ0n) is 15.0. The Morgan fingerprint density at radius 2 is 1.69 bits per heavy atom. The summed E-state index contributed by atoms with van der Waals surface area (Å²) in [5.41, 5.74) is 2.86. The number of amides is 1. The quantitative estimate of drug-likeness (QED) is 0.770. The lowest BCUT2D eigenvalue weighted by Crippen LogP contribution is -3.11. The van der Waals surface area contributed by atoms with Crippen LogP contribution in [0.4, 0.5) is 4.39 Å². The number of rotatable bonds is 6. The Kier molecular flexibility index (Phi) is 6.56. The first-order valence-electron chi connectivity index (χ1n) is 9.33. The van der Waals surface area contributed by atoms with Crippen LogP contribution in [0.25, 0.3) is 6.08 Å². The fraction of sp³-hybridized carbons (Fsp3) is 0.318. The minimum atomic E-state index is -0.327. The van der Waals surface area contributed by atoms with Gasteiger partial charge >= 0.3 is 0 Å². The van der Waals surface area contributed by atoms with Gasteiger partial charge in [-0.25, -0.2) is 4.39 Å². The van der Waals surface area contributed by atoms with Crippen molar-refractivity contribution >= 4 is 12.0 Å². The lowest BCUT2D eigenvalue weighted by atomic mass is 10.0. The second-order valence-electron chi connectivity index (χ2n) is 6.83. The van der Waals surface area contributed by atoms with E-state index < -0.39 is 0 Å². The molecule has 26 heavy (non-hydrogen) atoms. The standard InChI is InChI=1S/C22H25FN2O/c23-21-11-5-4-8-18(21)12-13-22(26)24-16-19-9-2-3-10-20(19)17-25-14-6-1-7-15-25/h2-5,8-13H,1,6-7,14-17H2,(H,24,26)/p+1/b13-12+. The summed E-state index contributed by atoms with van der Waals surface area (Å²) in [7, 11) is 0. The van der Waals surface area contributed by atoms with E-state index in [4.69, 9.17) is 0 Å². The first kappa shape index (κ1) is 18.3. The summed E-state index contributed by atoms with van der Waals surface area (Å²) in [6.07, 6.45) is 6.84. The molecule has 136 valence electrons. The van der Waals surface area contributed by atoms with Gasteiger partial charge in [0.2, 0.25) is 5.91 Å². The number of carbonyl (C=O) groups is 1. The predicted octanol–water partition coefficient (Wildman–Crippen LogP) is 2.72. The SMILES string of the molecule is O=C(/C=C/c1ccccc1F)NCc1ccccc1C[NH+]1CCCCC1. The molecule has 1 amide bonds.